The fraction of sp³-hybridized carbons (Fsp3) is 0.261. The molecular formula is C23H23FN3O6P. The largest absolute Gasteiger partial charge is 0.505 e. The molecule has 11 heteroatoms. The number of pyridine rings is 1. The van der Waals surface area contributed by atoms with Gasteiger partial charge >= 0.3 is 7.60 Å². The summed E-state index contributed by atoms with van der Waals surface area (Å²) in [6.45, 7) is 0.304. The summed E-state index contributed by atoms with van der Waals surface area (Å²) in [4.78, 5) is 51.8. The number of carbonyl (C=O) groups is 2. The molecule has 2 aromatic carbocycles. The van der Waals surface area contributed by atoms with Crippen molar-refractivity contribution in [2.75, 3.05) is 19.8 Å². The average Bonchev–Trinajstić information content (AvgIpc) is 3.10. The highest BCUT2D eigenvalue weighted by Gasteiger charge is 2.37. The van der Waals surface area contributed by atoms with E-state index in [4.69, 9.17) is 9.79 Å². The van der Waals surface area contributed by atoms with Gasteiger partial charge in [0.25, 0.3) is 11.8 Å². The predicted octanol–water partition coefficient (Wildman–Crippen LogP) is 2.88. The normalized spacial score (nSPS) is 13.4. The standard InChI is InChI=1S/C23H23FN3O6P/c1-26(10-3-11-34(31,32)33)22(29)18-16-4-2-9-25-20(16)21(28)19-17(18)13-27(23(19)30)12-14-5-7-15(24)8-6-14/h2,4-9,28H,3,10-13H2,1H3,(H2,31,32,33). The lowest BCUT2D eigenvalue weighted by Crippen LogP contribution is -2.29. The number of nitrogens with zero attached hydrogens (tertiary/aromatic N) is 3. The van der Waals surface area contributed by atoms with Gasteiger partial charge in [-0.1, -0.05) is 18.2 Å². The first kappa shape index (κ1) is 23.8. The molecule has 3 aromatic rings. The number of hydrogen-bond donors (Lipinski definition) is 3. The first-order chi connectivity index (χ1) is 16.1. The summed E-state index contributed by atoms with van der Waals surface area (Å²) in [7, 11) is -2.68. The molecule has 0 aliphatic carbocycles. The van der Waals surface area contributed by atoms with Gasteiger partial charge in [0.1, 0.15) is 11.3 Å². The zero-order valence-electron chi connectivity index (χ0n) is 18.3. The lowest BCUT2D eigenvalue weighted by Gasteiger charge is -2.21. The number of rotatable bonds is 7. The van der Waals surface area contributed by atoms with Crippen LogP contribution in [0, 0.1) is 5.82 Å². The van der Waals surface area contributed by atoms with Crippen molar-refractivity contribution in [1.29, 1.82) is 0 Å². The summed E-state index contributed by atoms with van der Waals surface area (Å²) < 4.78 is 24.4. The Balaban J connectivity index is 1.72. The molecule has 0 unspecified atom stereocenters. The highest BCUT2D eigenvalue weighted by atomic mass is 31.2. The summed E-state index contributed by atoms with van der Waals surface area (Å²) in [5.74, 6) is -1.62. The minimum absolute atomic E-state index is 0.000258. The molecule has 3 N–H and O–H groups in total. The van der Waals surface area contributed by atoms with Crippen LogP contribution in [0.1, 0.15) is 38.3 Å². The van der Waals surface area contributed by atoms with Gasteiger partial charge in [-0.15, -0.1) is 0 Å². The van der Waals surface area contributed by atoms with Crippen molar-refractivity contribution >= 4 is 30.3 Å². The highest BCUT2D eigenvalue weighted by molar-refractivity contribution is 7.51. The molecule has 4 rings (SSSR count). The average molecular weight is 487 g/mol. The number of phenolic OH excluding ortho intramolecular Hbond substituents is 1. The number of aromatic nitrogens is 1. The van der Waals surface area contributed by atoms with Gasteiger partial charge in [-0.3, -0.25) is 19.1 Å². The second-order valence-electron chi connectivity index (χ2n) is 8.23. The fourth-order valence-corrected chi connectivity index (χ4v) is 4.70. The van der Waals surface area contributed by atoms with E-state index in [0.717, 1.165) is 0 Å². The van der Waals surface area contributed by atoms with E-state index in [2.05, 4.69) is 4.98 Å². The van der Waals surface area contributed by atoms with Crippen molar-refractivity contribution in [2.45, 2.75) is 19.5 Å². The molecule has 0 radical (unpaired) electrons. The van der Waals surface area contributed by atoms with Crippen LogP contribution in [0.4, 0.5) is 4.39 Å². The van der Waals surface area contributed by atoms with Gasteiger partial charge in [-0.2, -0.15) is 0 Å². The van der Waals surface area contributed by atoms with E-state index in [0.29, 0.717) is 16.5 Å². The Morgan fingerprint density at radius 2 is 1.94 bits per heavy atom. The number of hydrogen-bond acceptors (Lipinski definition) is 5. The Hall–Kier alpha value is -3.33. The second kappa shape index (κ2) is 9.13. The van der Waals surface area contributed by atoms with Crippen LogP contribution in [0.25, 0.3) is 10.9 Å². The van der Waals surface area contributed by atoms with Gasteiger partial charge < -0.3 is 24.7 Å². The number of halogens is 1. The molecule has 34 heavy (non-hydrogen) atoms. The Kier molecular flexibility index (Phi) is 6.40. The third kappa shape index (κ3) is 4.65. The zero-order valence-corrected chi connectivity index (χ0v) is 19.2. The van der Waals surface area contributed by atoms with E-state index in [1.54, 1.807) is 24.3 Å². The minimum Gasteiger partial charge on any atom is -0.505 e. The first-order valence-electron chi connectivity index (χ1n) is 10.5. The molecule has 0 bridgehead atoms. The summed E-state index contributed by atoms with van der Waals surface area (Å²) >= 11 is 0. The van der Waals surface area contributed by atoms with E-state index >= 15 is 0 Å². The molecule has 2 amide bonds. The Morgan fingerprint density at radius 3 is 2.62 bits per heavy atom. The summed E-state index contributed by atoms with van der Waals surface area (Å²) in [5, 5.41) is 11.2. The number of fused-ring (bicyclic) bond motifs is 2. The van der Waals surface area contributed by atoms with Crippen molar-refractivity contribution in [3.8, 4) is 5.75 Å². The lowest BCUT2D eigenvalue weighted by atomic mass is 9.95. The van der Waals surface area contributed by atoms with Crippen LogP contribution < -0.4 is 0 Å². The molecule has 2 heterocycles. The van der Waals surface area contributed by atoms with Gasteiger partial charge in [-0.05, 0) is 30.2 Å². The third-order valence-electron chi connectivity index (χ3n) is 5.78. The molecule has 1 aromatic heterocycles. The maximum absolute atomic E-state index is 13.4. The SMILES string of the molecule is CN(CCCP(=O)(O)O)C(=O)c1c2c(c(O)c3ncccc13)C(=O)N(Cc1ccc(F)cc1)C2. The van der Waals surface area contributed by atoms with E-state index in [-0.39, 0.29) is 54.6 Å². The summed E-state index contributed by atoms with van der Waals surface area (Å²) in [6, 6.07) is 8.95. The molecule has 0 spiro atoms. The summed E-state index contributed by atoms with van der Waals surface area (Å²) in [5.41, 5.74) is 1.37. The fourth-order valence-electron chi connectivity index (χ4n) is 4.14. The third-order valence-corrected chi connectivity index (χ3v) is 6.68. The van der Waals surface area contributed by atoms with Gasteiger partial charge in [0.15, 0.2) is 5.75 Å². The molecule has 1 aliphatic heterocycles. The zero-order chi connectivity index (χ0) is 24.6. The van der Waals surface area contributed by atoms with Crippen LogP contribution in [-0.2, 0) is 17.7 Å². The predicted molar refractivity (Wildman–Crippen MR) is 122 cm³/mol. The lowest BCUT2D eigenvalue weighted by molar-refractivity contribution is 0.0758. The molecule has 0 atom stereocenters. The van der Waals surface area contributed by atoms with Crippen molar-refractivity contribution in [3.63, 3.8) is 0 Å². The number of aromatic hydroxyl groups is 1. The smallest absolute Gasteiger partial charge is 0.325 e. The van der Waals surface area contributed by atoms with Crippen LogP contribution >= 0.6 is 7.60 Å². The molecular weight excluding hydrogens is 464 g/mol. The topological polar surface area (TPSA) is 131 Å². The Bertz CT molecular complexity index is 1320. The van der Waals surface area contributed by atoms with E-state index in [1.165, 1.54) is 35.2 Å². The van der Waals surface area contributed by atoms with Gasteiger partial charge in [0.2, 0.25) is 0 Å². The van der Waals surface area contributed by atoms with E-state index < -0.39 is 25.2 Å². The Morgan fingerprint density at radius 1 is 1.24 bits per heavy atom. The molecule has 178 valence electrons. The Labute approximate surface area is 194 Å². The molecule has 0 saturated carbocycles. The van der Waals surface area contributed by atoms with Crippen LogP contribution in [-0.4, -0.2) is 61.2 Å². The van der Waals surface area contributed by atoms with Crippen LogP contribution in [0.2, 0.25) is 0 Å². The number of carbonyl (C=O) groups excluding carboxylic acids is 2. The van der Waals surface area contributed by atoms with E-state index in [1.807, 2.05) is 0 Å². The van der Waals surface area contributed by atoms with Crippen LogP contribution in [0.15, 0.2) is 42.6 Å². The van der Waals surface area contributed by atoms with Gasteiger partial charge in [0, 0.05) is 43.8 Å². The first-order valence-corrected chi connectivity index (χ1v) is 12.3. The molecule has 9 nitrogen and oxygen atoms in total. The highest BCUT2D eigenvalue weighted by Crippen LogP contribution is 2.40. The molecule has 0 fully saturated rings. The van der Waals surface area contributed by atoms with Crippen LogP contribution in [0.3, 0.4) is 0 Å². The quantitative estimate of drug-likeness (QED) is 0.437. The molecule has 1 aliphatic rings. The second-order valence-corrected chi connectivity index (χ2v) is 10.0. The number of amides is 2. The van der Waals surface area contributed by atoms with Crippen molar-refractivity contribution < 1.29 is 33.4 Å². The van der Waals surface area contributed by atoms with Crippen molar-refractivity contribution in [2.24, 2.45) is 0 Å². The van der Waals surface area contributed by atoms with E-state index in [9.17, 15) is 23.7 Å². The van der Waals surface area contributed by atoms with Gasteiger partial charge in [-0.25, -0.2) is 4.39 Å². The van der Waals surface area contributed by atoms with Gasteiger partial charge in [0.05, 0.1) is 17.3 Å². The maximum Gasteiger partial charge on any atom is 0.325 e. The number of benzene rings is 2. The number of phenols is 1. The monoisotopic (exact) mass is 487 g/mol. The summed E-state index contributed by atoms with van der Waals surface area (Å²) in [6.07, 6.45) is 1.19. The van der Waals surface area contributed by atoms with Crippen LogP contribution in [0.5, 0.6) is 5.75 Å². The van der Waals surface area contributed by atoms with Crippen molar-refractivity contribution in [3.05, 3.63) is 70.7 Å². The van der Waals surface area contributed by atoms with Crippen molar-refractivity contribution in [1.82, 2.24) is 14.8 Å². The minimum atomic E-state index is -4.19. The molecule has 0 saturated heterocycles. The maximum atomic E-state index is 13.4.